The van der Waals surface area contributed by atoms with Gasteiger partial charge >= 0.3 is 0 Å². The molecule has 1 aromatic carbocycles. The van der Waals surface area contributed by atoms with Gasteiger partial charge in [-0.1, -0.05) is 0 Å². The number of aromatic nitrogens is 2. The van der Waals surface area contributed by atoms with Gasteiger partial charge in [-0.15, -0.1) is 0 Å². The molecule has 7 nitrogen and oxygen atoms in total. The normalized spacial score (nSPS) is 17.8. The summed E-state index contributed by atoms with van der Waals surface area (Å²) >= 11 is 0. The van der Waals surface area contributed by atoms with E-state index in [1.54, 1.807) is 31.5 Å². The van der Waals surface area contributed by atoms with Crippen molar-refractivity contribution in [2.24, 2.45) is 0 Å². The fourth-order valence-electron chi connectivity index (χ4n) is 2.92. The smallest absolute Gasteiger partial charge is 0.272 e. The molecule has 1 saturated heterocycles. The molecule has 0 radical (unpaired) electrons. The van der Waals surface area contributed by atoms with Gasteiger partial charge in [-0.2, -0.15) is 0 Å². The van der Waals surface area contributed by atoms with Gasteiger partial charge in [-0.3, -0.25) is 10.1 Å². The highest BCUT2D eigenvalue weighted by atomic mass is 16.6. The second-order valence-corrected chi connectivity index (χ2v) is 5.74. The molecule has 2 heterocycles. The highest BCUT2D eigenvalue weighted by Gasteiger charge is 2.22. The van der Waals surface area contributed by atoms with Crippen molar-refractivity contribution < 1.29 is 4.92 Å². The second-order valence-electron chi connectivity index (χ2n) is 5.74. The number of hydrogen-bond acceptors (Lipinski definition) is 6. The Morgan fingerprint density at radius 2 is 2.13 bits per heavy atom. The van der Waals surface area contributed by atoms with Gasteiger partial charge in [0, 0.05) is 48.8 Å². The van der Waals surface area contributed by atoms with E-state index in [4.69, 9.17) is 0 Å². The van der Waals surface area contributed by atoms with Crippen LogP contribution in [-0.2, 0) is 0 Å². The van der Waals surface area contributed by atoms with Crippen molar-refractivity contribution in [3.8, 4) is 0 Å². The first-order valence-electron chi connectivity index (χ1n) is 7.67. The van der Waals surface area contributed by atoms with E-state index in [0.29, 0.717) is 5.56 Å². The Balaban J connectivity index is 1.68. The van der Waals surface area contributed by atoms with E-state index in [0.717, 1.165) is 37.6 Å². The quantitative estimate of drug-likeness (QED) is 0.690. The van der Waals surface area contributed by atoms with Gasteiger partial charge in [-0.05, 0) is 38.0 Å². The SMILES string of the molecule is Cc1cc(NC2CCCN(c3ncccn3)C2)ccc1[N+](=O)[O-]. The molecule has 1 aliphatic heterocycles. The Bertz CT molecular complexity index is 692. The molecular formula is C16H19N5O2. The van der Waals surface area contributed by atoms with Crippen molar-refractivity contribution >= 4 is 17.3 Å². The lowest BCUT2D eigenvalue weighted by Gasteiger charge is -2.33. The van der Waals surface area contributed by atoms with Crippen molar-refractivity contribution in [3.05, 3.63) is 52.3 Å². The van der Waals surface area contributed by atoms with Gasteiger partial charge < -0.3 is 10.2 Å². The number of hydrogen-bond donors (Lipinski definition) is 1. The first-order valence-corrected chi connectivity index (χ1v) is 7.67. The molecule has 1 unspecified atom stereocenters. The number of nitrogens with one attached hydrogen (secondary N) is 1. The van der Waals surface area contributed by atoms with E-state index >= 15 is 0 Å². The molecule has 23 heavy (non-hydrogen) atoms. The summed E-state index contributed by atoms with van der Waals surface area (Å²) in [6.07, 6.45) is 5.61. The maximum Gasteiger partial charge on any atom is 0.272 e. The number of anilines is 2. The molecule has 1 aromatic heterocycles. The third-order valence-corrected chi connectivity index (χ3v) is 4.02. The van der Waals surface area contributed by atoms with Crippen LogP contribution in [0.4, 0.5) is 17.3 Å². The molecule has 1 atom stereocenters. The Morgan fingerprint density at radius 1 is 1.35 bits per heavy atom. The standard InChI is InChI=1S/C16H19N5O2/c1-12-10-13(5-6-15(12)21(22)23)19-14-4-2-9-20(11-14)16-17-7-3-8-18-16/h3,5-8,10,14,19H,2,4,9,11H2,1H3. The van der Waals surface area contributed by atoms with Gasteiger partial charge in [0.25, 0.3) is 5.69 Å². The molecule has 0 saturated carbocycles. The summed E-state index contributed by atoms with van der Waals surface area (Å²) in [5.41, 5.74) is 1.73. The fourth-order valence-corrected chi connectivity index (χ4v) is 2.92. The topological polar surface area (TPSA) is 84.2 Å². The average molecular weight is 313 g/mol. The zero-order valence-electron chi connectivity index (χ0n) is 13.0. The number of piperidine rings is 1. The molecule has 1 fully saturated rings. The molecule has 120 valence electrons. The molecule has 0 amide bonds. The van der Waals surface area contributed by atoms with E-state index in [2.05, 4.69) is 20.2 Å². The largest absolute Gasteiger partial charge is 0.381 e. The lowest BCUT2D eigenvalue weighted by molar-refractivity contribution is -0.385. The van der Waals surface area contributed by atoms with E-state index in [1.807, 2.05) is 12.1 Å². The predicted octanol–water partition coefficient (Wildman–Crippen LogP) is 2.77. The molecule has 0 bridgehead atoms. The van der Waals surface area contributed by atoms with Gasteiger partial charge in [0.1, 0.15) is 0 Å². The number of nitrogens with zero attached hydrogens (tertiary/aromatic N) is 4. The molecular weight excluding hydrogens is 294 g/mol. The summed E-state index contributed by atoms with van der Waals surface area (Å²) in [4.78, 5) is 21.3. The molecule has 1 aliphatic rings. The predicted molar refractivity (Wildman–Crippen MR) is 88.7 cm³/mol. The summed E-state index contributed by atoms with van der Waals surface area (Å²) in [6, 6.07) is 7.23. The molecule has 0 spiro atoms. The third-order valence-electron chi connectivity index (χ3n) is 4.02. The average Bonchev–Trinajstić information content (AvgIpc) is 2.56. The Labute approximate surface area is 134 Å². The molecule has 7 heteroatoms. The second kappa shape index (κ2) is 6.60. The van der Waals surface area contributed by atoms with Crippen LogP contribution in [0.5, 0.6) is 0 Å². The van der Waals surface area contributed by atoms with Crippen LogP contribution in [0, 0.1) is 17.0 Å². The summed E-state index contributed by atoms with van der Waals surface area (Å²) < 4.78 is 0. The van der Waals surface area contributed by atoms with Crippen LogP contribution in [0.15, 0.2) is 36.7 Å². The van der Waals surface area contributed by atoms with Crippen molar-refractivity contribution in [3.63, 3.8) is 0 Å². The highest BCUT2D eigenvalue weighted by Crippen LogP contribution is 2.24. The minimum absolute atomic E-state index is 0.151. The zero-order chi connectivity index (χ0) is 16.2. The monoisotopic (exact) mass is 313 g/mol. The highest BCUT2D eigenvalue weighted by molar-refractivity contribution is 5.54. The van der Waals surface area contributed by atoms with E-state index < -0.39 is 0 Å². The maximum atomic E-state index is 10.9. The van der Waals surface area contributed by atoms with Crippen molar-refractivity contribution in [2.75, 3.05) is 23.3 Å². The van der Waals surface area contributed by atoms with E-state index in [9.17, 15) is 10.1 Å². The summed E-state index contributed by atoms with van der Waals surface area (Å²) in [7, 11) is 0. The summed E-state index contributed by atoms with van der Waals surface area (Å²) in [6.45, 7) is 3.52. The third kappa shape index (κ3) is 3.56. The Morgan fingerprint density at radius 3 is 2.83 bits per heavy atom. The van der Waals surface area contributed by atoms with Crippen molar-refractivity contribution in [2.45, 2.75) is 25.8 Å². The van der Waals surface area contributed by atoms with Crippen LogP contribution in [0.25, 0.3) is 0 Å². The minimum atomic E-state index is -0.353. The van der Waals surface area contributed by atoms with Gasteiger partial charge in [-0.25, -0.2) is 9.97 Å². The number of nitro groups is 1. The van der Waals surface area contributed by atoms with Crippen LogP contribution >= 0.6 is 0 Å². The number of nitro benzene ring substituents is 1. The van der Waals surface area contributed by atoms with Gasteiger partial charge in [0.2, 0.25) is 5.95 Å². The molecule has 2 aromatic rings. The first-order chi connectivity index (χ1) is 11.1. The Hall–Kier alpha value is -2.70. The zero-order valence-corrected chi connectivity index (χ0v) is 13.0. The van der Waals surface area contributed by atoms with Crippen LogP contribution in [0.1, 0.15) is 18.4 Å². The fraction of sp³-hybridized carbons (Fsp3) is 0.375. The van der Waals surface area contributed by atoms with Crippen LogP contribution < -0.4 is 10.2 Å². The van der Waals surface area contributed by atoms with E-state index in [1.165, 1.54) is 0 Å². The van der Waals surface area contributed by atoms with Crippen LogP contribution in [0.3, 0.4) is 0 Å². The lowest BCUT2D eigenvalue weighted by Crippen LogP contribution is -2.42. The van der Waals surface area contributed by atoms with Gasteiger partial charge in [0.05, 0.1) is 4.92 Å². The van der Waals surface area contributed by atoms with Crippen LogP contribution in [-0.4, -0.2) is 34.0 Å². The van der Waals surface area contributed by atoms with Crippen LogP contribution in [0.2, 0.25) is 0 Å². The number of benzene rings is 1. The minimum Gasteiger partial charge on any atom is -0.381 e. The molecule has 3 rings (SSSR count). The van der Waals surface area contributed by atoms with Gasteiger partial charge in [0.15, 0.2) is 0 Å². The lowest BCUT2D eigenvalue weighted by atomic mass is 10.1. The van der Waals surface area contributed by atoms with Crippen molar-refractivity contribution in [1.29, 1.82) is 0 Å². The summed E-state index contributed by atoms with van der Waals surface area (Å²) in [5, 5.41) is 14.4. The van der Waals surface area contributed by atoms with E-state index in [-0.39, 0.29) is 16.7 Å². The first kappa shape index (κ1) is 15.2. The van der Waals surface area contributed by atoms with Crippen molar-refractivity contribution in [1.82, 2.24) is 9.97 Å². The number of rotatable bonds is 4. The molecule has 0 aliphatic carbocycles. The number of aryl methyl sites for hydroxylation is 1. The molecule has 1 N–H and O–H groups in total. The Kier molecular flexibility index (Phi) is 4.36. The maximum absolute atomic E-state index is 10.9. The summed E-state index contributed by atoms with van der Waals surface area (Å²) in [5.74, 6) is 0.749.